The number of piperidine rings is 1. The van der Waals surface area contributed by atoms with Crippen LogP contribution in [0.3, 0.4) is 0 Å². The maximum absolute atomic E-state index is 13.3. The van der Waals surface area contributed by atoms with Crippen LogP contribution in [-0.4, -0.2) is 87.7 Å². The molecule has 0 aliphatic carbocycles. The number of carbonyl (C=O) groups excluding carboxylic acids is 1. The first-order chi connectivity index (χ1) is 18.3. The van der Waals surface area contributed by atoms with Gasteiger partial charge in [0.15, 0.2) is 0 Å². The average molecular weight is 563 g/mol. The minimum absolute atomic E-state index is 0.0122. The van der Waals surface area contributed by atoms with Crippen LogP contribution in [0.25, 0.3) is 0 Å². The number of aromatic amines is 1. The van der Waals surface area contributed by atoms with Crippen molar-refractivity contribution in [2.75, 3.05) is 56.0 Å². The second-order valence-corrected chi connectivity index (χ2v) is 9.69. The Balaban J connectivity index is 1.23. The largest absolute Gasteiger partial charge is 0.423 e. The smallest absolute Gasteiger partial charge is 0.379 e. The molecule has 4 heterocycles. The number of nitrogens with zero attached hydrogens (tertiary/aromatic N) is 6. The molecule has 2 saturated heterocycles. The van der Waals surface area contributed by atoms with Gasteiger partial charge >= 0.3 is 12.4 Å². The van der Waals surface area contributed by atoms with Gasteiger partial charge < -0.3 is 20.0 Å². The van der Waals surface area contributed by atoms with Crippen molar-refractivity contribution in [2.45, 2.75) is 38.2 Å². The summed E-state index contributed by atoms with van der Waals surface area (Å²) < 4.78 is 78.0. The van der Waals surface area contributed by atoms with Crippen molar-refractivity contribution in [3.63, 3.8) is 0 Å². The standard InChI is InChI=1S/C23H28F6N8O2/c1-14(33-17-12-32-34-19(38)18(17)23(27,28)29)13-35-4-2-15(3-5-35)20(39)36-6-8-37(9-7-36)21-30-10-16(11-31-21)22(24,25)26/h10-12,14-15H,2-9,13H2,1H3,(H2,33,34,38). The van der Waals surface area contributed by atoms with Crippen molar-refractivity contribution in [1.82, 2.24) is 30.0 Å². The molecule has 2 aromatic rings. The number of carbonyl (C=O) groups is 1. The molecule has 1 unspecified atom stereocenters. The number of aromatic nitrogens is 4. The number of nitrogens with one attached hydrogen (secondary N) is 2. The minimum Gasteiger partial charge on any atom is -0.379 e. The van der Waals surface area contributed by atoms with Crippen molar-refractivity contribution >= 4 is 17.5 Å². The number of likely N-dealkylation sites (tertiary alicyclic amines) is 1. The van der Waals surface area contributed by atoms with Crippen LogP contribution in [0.2, 0.25) is 0 Å². The van der Waals surface area contributed by atoms with Crippen LogP contribution in [0.4, 0.5) is 38.0 Å². The Kier molecular flexibility index (Phi) is 8.32. The number of H-pyrrole nitrogens is 1. The van der Waals surface area contributed by atoms with Crippen LogP contribution in [0, 0.1) is 5.92 Å². The quantitative estimate of drug-likeness (QED) is 0.517. The fourth-order valence-electron chi connectivity index (χ4n) is 4.87. The van der Waals surface area contributed by atoms with Gasteiger partial charge in [-0.05, 0) is 32.9 Å². The van der Waals surface area contributed by atoms with Crippen molar-refractivity contribution in [3.05, 3.63) is 40.1 Å². The second-order valence-electron chi connectivity index (χ2n) is 9.69. The highest BCUT2D eigenvalue weighted by Gasteiger charge is 2.38. The summed E-state index contributed by atoms with van der Waals surface area (Å²) in [5, 5.41) is 7.99. The number of anilines is 2. The normalized spacial score (nSPS) is 18.7. The van der Waals surface area contributed by atoms with E-state index in [4.69, 9.17) is 0 Å². The summed E-state index contributed by atoms with van der Waals surface area (Å²) in [4.78, 5) is 37.9. The predicted molar refractivity (Wildman–Crippen MR) is 128 cm³/mol. The molecule has 214 valence electrons. The molecule has 0 aromatic carbocycles. The Hall–Kier alpha value is -3.43. The van der Waals surface area contributed by atoms with Gasteiger partial charge in [0.05, 0.1) is 17.4 Å². The van der Waals surface area contributed by atoms with Gasteiger partial charge in [-0.2, -0.15) is 31.4 Å². The first-order valence-corrected chi connectivity index (χ1v) is 12.4. The van der Waals surface area contributed by atoms with E-state index in [9.17, 15) is 35.9 Å². The molecule has 0 spiro atoms. The topological polar surface area (TPSA) is 110 Å². The molecule has 0 bridgehead atoms. The van der Waals surface area contributed by atoms with E-state index >= 15 is 0 Å². The average Bonchev–Trinajstić information content (AvgIpc) is 2.87. The minimum atomic E-state index is -4.83. The molecule has 39 heavy (non-hydrogen) atoms. The Morgan fingerprint density at radius 3 is 2.18 bits per heavy atom. The van der Waals surface area contributed by atoms with Crippen LogP contribution in [0.5, 0.6) is 0 Å². The molecule has 10 nitrogen and oxygen atoms in total. The lowest BCUT2D eigenvalue weighted by atomic mass is 9.94. The van der Waals surface area contributed by atoms with Gasteiger partial charge in [-0.1, -0.05) is 0 Å². The molecule has 2 fully saturated rings. The molecule has 2 aliphatic heterocycles. The van der Waals surface area contributed by atoms with Crippen molar-refractivity contribution < 1.29 is 31.1 Å². The summed E-state index contributed by atoms with van der Waals surface area (Å²) in [5.74, 6) is 0.00898. The van der Waals surface area contributed by atoms with Crippen molar-refractivity contribution in [1.29, 1.82) is 0 Å². The van der Waals surface area contributed by atoms with Crippen molar-refractivity contribution in [3.8, 4) is 0 Å². The Morgan fingerprint density at radius 1 is 1.00 bits per heavy atom. The van der Waals surface area contributed by atoms with Crippen LogP contribution in [-0.2, 0) is 17.1 Å². The molecular formula is C23H28F6N8O2. The van der Waals surface area contributed by atoms with E-state index in [1.807, 2.05) is 0 Å². The summed E-state index contributed by atoms with van der Waals surface area (Å²) in [6.07, 6.45) is -5.72. The maximum Gasteiger partial charge on any atom is 0.423 e. The number of halogens is 6. The molecule has 1 amide bonds. The van der Waals surface area contributed by atoms with E-state index in [0.717, 1.165) is 18.6 Å². The fourth-order valence-corrected chi connectivity index (χ4v) is 4.87. The summed E-state index contributed by atoms with van der Waals surface area (Å²) in [7, 11) is 0. The van der Waals surface area contributed by atoms with Gasteiger partial charge in [0.1, 0.15) is 5.56 Å². The summed E-state index contributed by atoms with van der Waals surface area (Å²) in [5.41, 5.74) is -3.94. The first-order valence-electron chi connectivity index (χ1n) is 12.4. The highest BCUT2D eigenvalue weighted by molar-refractivity contribution is 5.79. The molecule has 1 atom stereocenters. The molecule has 2 N–H and O–H groups in total. The number of rotatable bonds is 6. The zero-order valence-corrected chi connectivity index (χ0v) is 21.0. The Labute approximate surface area is 219 Å². The zero-order chi connectivity index (χ0) is 28.4. The number of hydrogen-bond donors (Lipinski definition) is 2. The maximum atomic E-state index is 13.3. The van der Waals surface area contributed by atoms with Gasteiger partial charge in [-0.3, -0.25) is 9.59 Å². The van der Waals surface area contributed by atoms with Crippen molar-refractivity contribution in [2.24, 2.45) is 5.92 Å². The van der Waals surface area contributed by atoms with E-state index in [1.165, 1.54) is 0 Å². The lowest BCUT2D eigenvalue weighted by molar-refractivity contribution is -0.139. The van der Waals surface area contributed by atoms with Gasteiger partial charge in [-0.25, -0.2) is 15.1 Å². The number of amides is 1. The molecule has 2 aromatic heterocycles. The molecule has 0 radical (unpaired) electrons. The van der Waals surface area contributed by atoms with Crippen LogP contribution in [0.1, 0.15) is 30.9 Å². The third-order valence-corrected chi connectivity index (χ3v) is 6.85. The third-order valence-electron chi connectivity index (χ3n) is 6.85. The highest BCUT2D eigenvalue weighted by atomic mass is 19.4. The van der Waals surface area contributed by atoms with Crippen LogP contribution >= 0.6 is 0 Å². The molecule has 0 saturated carbocycles. The van der Waals surface area contributed by atoms with E-state index in [-0.39, 0.29) is 23.5 Å². The lowest BCUT2D eigenvalue weighted by Gasteiger charge is -2.39. The number of piperazine rings is 1. The first kappa shape index (κ1) is 28.6. The van der Waals surface area contributed by atoms with Gasteiger partial charge in [0.2, 0.25) is 11.9 Å². The third kappa shape index (κ3) is 6.96. The summed E-state index contributed by atoms with van der Waals surface area (Å²) in [6.45, 7) is 4.89. The van der Waals surface area contributed by atoms with Crippen LogP contribution < -0.4 is 15.8 Å². The lowest BCUT2D eigenvalue weighted by Crippen LogP contribution is -2.52. The molecule has 2 aliphatic rings. The molecule has 4 rings (SSSR count). The van der Waals surface area contributed by atoms with E-state index in [1.54, 1.807) is 21.8 Å². The number of hydrogen-bond acceptors (Lipinski definition) is 8. The van der Waals surface area contributed by atoms with Crippen LogP contribution in [0.15, 0.2) is 23.4 Å². The molecule has 16 heteroatoms. The highest BCUT2D eigenvalue weighted by Crippen LogP contribution is 2.32. The van der Waals surface area contributed by atoms with E-state index in [0.29, 0.717) is 58.7 Å². The second kappa shape index (κ2) is 11.4. The van der Waals surface area contributed by atoms with Gasteiger partial charge in [-0.15, -0.1) is 0 Å². The zero-order valence-electron chi connectivity index (χ0n) is 21.0. The summed E-state index contributed by atoms with van der Waals surface area (Å²) in [6, 6.07) is -0.414. The van der Waals surface area contributed by atoms with Gasteiger partial charge in [0.25, 0.3) is 5.56 Å². The van der Waals surface area contributed by atoms with Gasteiger partial charge in [0, 0.05) is 57.1 Å². The van der Waals surface area contributed by atoms with E-state index < -0.39 is 35.1 Å². The molecular weight excluding hydrogens is 534 g/mol. The predicted octanol–water partition coefficient (Wildman–Crippen LogP) is 2.46. The van der Waals surface area contributed by atoms with E-state index in [2.05, 4.69) is 25.3 Å². The Morgan fingerprint density at radius 2 is 1.62 bits per heavy atom. The fraction of sp³-hybridized carbons (Fsp3) is 0.609. The summed E-state index contributed by atoms with van der Waals surface area (Å²) >= 11 is 0. The Bertz CT molecular complexity index is 1190. The monoisotopic (exact) mass is 562 g/mol. The number of alkyl halides is 6. The SMILES string of the molecule is CC(CN1CCC(C(=O)N2CCN(c3ncc(C(F)(F)F)cn3)CC2)CC1)Nc1cn[nH]c(=O)c1C(F)(F)F.